The average molecular weight is 560 g/mol. The van der Waals surface area contributed by atoms with Crippen molar-refractivity contribution in [1.82, 2.24) is 4.42 Å². The van der Waals surface area contributed by atoms with Crippen molar-refractivity contribution in [2.45, 2.75) is 38.5 Å². The van der Waals surface area contributed by atoms with Crippen LogP contribution in [0.5, 0.6) is 23.0 Å². The molecule has 0 bridgehead atoms. The summed E-state index contributed by atoms with van der Waals surface area (Å²) in [6.07, 6.45) is 1.21. The van der Waals surface area contributed by atoms with Crippen LogP contribution in [0.15, 0.2) is 30.3 Å². The molecule has 0 atom stereocenters. The molecule has 4 N–H and O–H groups in total. The number of methoxy groups -OCH3 is 2. The second-order valence-corrected chi connectivity index (χ2v) is 8.13. The third-order valence-corrected chi connectivity index (χ3v) is 5.62. The highest BCUT2D eigenvalue weighted by molar-refractivity contribution is 6.32. The van der Waals surface area contributed by atoms with Gasteiger partial charge in [-0.2, -0.15) is 4.42 Å². The molecule has 0 aliphatic carbocycles. The van der Waals surface area contributed by atoms with Crippen molar-refractivity contribution in [2.24, 2.45) is 0 Å². The van der Waals surface area contributed by atoms with Gasteiger partial charge in [0.05, 0.1) is 19.2 Å². The fraction of sp³-hybridized carbons (Fsp3) is 0.333. The first-order chi connectivity index (χ1) is 17.4. The highest BCUT2D eigenvalue weighted by atomic mass is 35.5. The maximum Gasteiger partial charge on any atom is 0.305 e. The number of hydrogen-bond donors (Lipinski definition) is 4. The molecule has 1 aliphatic heterocycles. The van der Waals surface area contributed by atoms with Gasteiger partial charge in [0.2, 0.25) is 11.8 Å². The number of ether oxygens (including phenoxy) is 2. The number of nitrogens with zero attached hydrogens (tertiary/aromatic N) is 1. The van der Waals surface area contributed by atoms with Crippen LogP contribution in [0.1, 0.15) is 36.8 Å². The highest BCUT2D eigenvalue weighted by Crippen LogP contribution is 2.34. The van der Waals surface area contributed by atoms with E-state index < -0.39 is 5.97 Å². The van der Waals surface area contributed by atoms with Gasteiger partial charge in [0.1, 0.15) is 23.0 Å². The molecule has 1 heterocycles. The summed E-state index contributed by atoms with van der Waals surface area (Å²) in [5.74, 6) is -1.65. The third-order valence-electron chi connectivity index (χ3n) is 4.94. The van der Waals surface area contributed by atoms with Gasteiger partial charge in [-0.1, -0.05) is 17.7 Å². The maximum absolute atomic E-state index is 10.9. The van der Waals surface area contributed by atoms with E-state index in [4.69, 9.17) is 23.4 Å². The number of imide groups is 1. The van der Waals surface area contributed by atoms with Crippen LogP contribution >= 0.6 is 23.4 Å². The van der Waals surface area contributed by atoms with Crippen LogP contribution in [-0.2, 0) is 41.5 Å². The molecule has 0 unspecified atom stereocenters. The van der Waals surface area contributed by atoms with Gasteiger partial charge in [-0.15, -0.1) is 0 Å². The van der Waals surface area contributed by atoms with E-state index in [0.717, 1.165) is 0 Å². The monoisotopic (exact) mass is 559 g/mol. The SMILES string of the molecule is COC(=O)CCc1c(O)ccc(Cl)c1O.COC(=O)CCc1c(O)cccc1O.O=C1CCC(=O)N1Cl. The van der Waals surface area contributed by atoms with Crippen molar-refractivity contribution in [1.29, 1.82) is 0 Å². The number of carbonyl (C=O) groups is 4. The number of carbonyl (C=O) groups excluding carboxylic acids is 4. The molecule has 1 saturated heterocycles. The van der Waals surface area contributed by atoms with E-state index in [0.29, 0.717) is 9.98 Å². The maximum atomic E-state index is 10.9. The van der Waals surface area contributed by atoms with Crippen LogP contribution < -0.4 is 0 Å². The zero-order valence-electron chi connectivity index (χ0n) is 20.1. The number of esters is 2. The Balaban J connectivity index is 0.000000290. The summed E-state index contributed by atoms with van der Waals surface area (Å²) >= 11 is 10.8. The first kappa shape index (κ1) is 31.3. The van der Waals surface area contributed by atoms with Crippen molar-refractivity contribution in [3.63, 3.8) is 0 Å². The quantitative estimate of drug-likeness (QED) is 0.233. The molecule has 0 aromatic heterocycles. The summed E-state index contributed by atoms with van der Waals surface area (Å²) in [5.41, 5.74) is 0.630. The van der Waals surface area contributed by atoms with Crippen LogP contribution in [0.3, 0.4) is 0 Å². The molecule has 2 amide bonds. The number of amides is 2. The molecular formula is C24H27Cl2NO10. The van der Waals surface area contributed by atoms with Crippen molar-refractivity contribution in [3.8, 4) is 23.0 Å². The Morgan fingerprint density at radius 3 is 1.65 bits per heavy atom. The number of phenolic OH excluding ortho intramolecular Hbond substituents is 4. The fourth-order valence-corrected chi connectivity index (χ4v) is 3.22. The summed E-state index contributed by atoms with van der Waals surface area (Å²) in [6.45, 7) is 0. The lowest BCUT2D eigenvalue weighted by Crippen LogP contribution is -2.16. The van der Waals surface area contributed by atoms with Gasteiger partial charge >= 0.3 is 11.9 Å². The Bertz CT molecular complexity index is 1090. The molecule has 0 saturated carbocycles. The van der Waals surface area contributed by atoms with E-state index in [9.17, 15) is 39.6 Å². The van der Waals surface area contributed by atoms with Crippen molar-refractivity contribution in [3.05, 3.63) is 46.5 Å². The Kier molecular flexibility index (Phi) is 13.1. The van der Waals surface area contributed by atoms with Gasteiger partial charge in [-0.25, -0.2) is 0 Å². The Hall–Kier alpha value is -3.70. The highest BCUT2D eigenvalue weighted by Gasteiger charge is 2.26. The van der Waals surface area contributed by atoms with Crippen LogP contribution in [0.4, 0.5) is 0 Å². The van der Waals surface area contributed by atoms with Gasteiger partial charge < -0.3 is 29.9 Å². The Labute approximate surface area is 222 Å². The van der Waals surface area contributed by atoms with E-state index in [1.165, 1.54) is 44.6 Å². The molecule has 0 spiro atoms. The lowest BCUT2D eigenvalue weighted by atomic mass is 10.1. The van der Waals surface area contributed by atoms with E-state index in [1.54, 1.807) is 0 Å². The number of phenols is 4. The zero-order valence-corrected chi connectivity index (χ0v) is 21.6. The van der Waals surface area contributed by atoms with E-state index in [-0.39, 0.29) is 89.9 Å². The minimum atomic E-state index is -0.409. The van der Waals surface area contributed by atoms with Crippen molar-refractivity contribution < 1.29 is 49.1 Å². The summed E-state index contributed by atoms with van der Waals surface area (Å²) in [4.78, 5) is 42.4. The number of rotatable bonds is 6. The molecule has 11 nitrogen and oxygen atoms in total. The molecular weight excluding hydrogens is 533 g/mol. The largest absolute Gasteiger partial charge is 0.508 e. The molecule has 202 valence electrons. The van der Waals surface area contributed by atoms with Gasteiger partial charge in [-0.3, -0.25) is 19.2 Å². The summed E-state index contributed by atoms with van der Waals surface area (Å²) < 4.78 is 9.54. The molecule has 2 aromatic carbocycles. The predicted octanol–water partition coefficient (Wildman–Crippen LogP) is 3.35. The normalized spacial score (nSPS) is 12.2. The lowest BCUT2D eigenvalue weighted by molar-refractivity contribution is -0.141. The van der Waals surface area contributed by atoms with E-state index >= 15 is 0 Å². The predicted molar refractivity (Wildman–Crippen MR) is 132 cm³/mol. The summed E-state index contributed by atoms with van der Waals surface area (Å²) in [5, 5.41) is 37.8. The number of hydrogen-bond acceptors (Lipinski definition) is 10. The second-order valence-electron chi connectivity index (χ2n) is 7.39. The van der Waals surface area contributed by atoms with Gasteiger partial charge in [0, 0.05) is 48.6 Å². The standard InChI is InChI=1S/C10H11ClO4.C10H12O4.C4H4ClNO2/c1-15-9(13)5-2-6-8(12)4-3-7(11)10(6)14;1-14-10(13)6-5-7-8(11)3-2-4-9(7)12;5-6-3(7)1-2-4(6)8/h3-4,12,14H,2,5H2,1H3;2-4,11-12H,5-6H2,1H3;1-2H2. The molecule has 0 radical (unpaired) electrons. The smallest absolute Gasteiger partial charge is 0.305 e. The first-order valence-electron chi connectivity index (χ1n) is 10.8. The van der Waals surface area contributed by atoms with Crippen LogP contribution in [0, 0.1) is 0 Å². The zero-order chi connectivity index (χ0) is 28.1. The minimum absolute atomic E-state index is 0.00565. The molecule has 3 rings (SSSR count). The van der Waals surface area contributed by atoms with Gasteiger partial charge in [-0.05, 0) is 37.1 Å². The lowest BCUT2D eigenvalue weighted by Gasteiger charge is -2.07. The van der Waals surface area contributed by atoms with Crippen LogP contribution in [0.2, 0.25) is 5.02 Å². The number of aromatic hydroxyl groups is 4. The Morgan fingerprint density at radius 1 is 0.811 bits per heavy atom. The minimum Gasteiger partial charge on any atom is -0.508 e. The topological polar surface area (TPSA) is 171 Å². The van der Waals surface area contributed by atoms with Gasteiger partial charge in [0.15, 0.2) is 0 Å². The van der Waals surface area contributed by atoms with Crippen molar-refractivity contribution in [2.75, 3.05) is 14.2 Å². The third kappa shape index (κ3) is 10.1. The first-order valence-corrected chi connectivity index (χ1v) is 11.5. The summed E-state index contributed by atoms with van der Waals surface area (Å²) in [7, 11) is 2.58. The molecule has 13 heteroatoms. The van der Waals surface area contributed by atoms with Gasteiger partial charge in [0.25, 0.3) is 0 Å². The molecule has 37 heavy (non-hydrogen) atoms. The Morgan fingerprint density at radius 2 is 1.24 bits per heavy atom. The van der Waals surface area contributed by atoms with E-state index in [2.05, 4.69) is 9.47 Å². The second kappa shape index (κ2) is 15.4. The number of halogens is 2. The van der Waals surface area contributed by atoms with Crippen LogP contribution in [0.25, 0.3) is 0 Å². The van der Waals surface area contributed by atoms with E-state index in [1.807, 2.05) is 0 Å². The number of benzene rings is 2. The van der Waals surface area contributed by atoms with Crippen LogP contribution in [-0.4, -0.2) is 62.8 Å². The molecule has 2 aromatic rings. The fourth-order valence-electron chi connectivity index (χ4n) is 2.87. The summed E-state index contributed by atoms with van der Waals surface area (Å²) in [6, 6.07) is 7.22. The molecule has 1 fully saturated rings. The average Bonchev–Trinajstić information content (AvgIpc) is 3.17. The van der Waals surface area contributed by atoms with Crippen molar-refractivity contribution >= 4 is 47.1 Å². The molecule has 1 aliphatic rings.